The molecule has 1 aliphatic rings. The number of aromatic amines is 1. The van der Waals surface area contributed by atoms with Crippen LogP contribution in [-0.4, -0.2) is 72.6 Å². The van der Waals surface area contributed by atoms with Gasteiger partial charge in [-0.15, -0.1) is 0 Å². The minimum atomic E-state index is 0.117. The van der Waals surface area contributed by atoms with E-state index < -0.39 is 0 Å². The number of nitrogens with zero attached hydrogens (tertiary/aromatic N) is 3. The smallest absolute Gasteiger partial charge is 0.253 e. The van der Waals surface area contributed by atoms with Crippen molar-refractivity contribution >= 4 is 16.8 Å². The first kappa shape index (κ1) is 19.3. The lowest BCUT2D eigenvalue weighted by molar-refractivity contribution is 0.0638. The Morgan fingerprint density at radius 3 is 2.55 bits per heavy atom. The predicted molar refractivity (Wildman–Crippen MR) is 112 cm³/mol. The average Bonchev–Trinajstić information content (AvgIpc) is 3.22. The van der Waals surface area contributed by atoms with Gasteiger partial charge in [-0.1, -0.05) is 18.2 Å². The van der Waals surface area contributed by atoms with Gasteiger partial charge in [-0.2, -0.15) is 0 Å². The van der Waals surface area contributed by atoms with Crippen LogP contribution in [0.2, 0.25) is 0 Å². The Morgan fingerprint density at radius 2 is 1.86 bits per heavy atom. The molecular weight excluding hydrogens is 368 g/mol. The number of piperazine rings is 1. The molecule has 7 nitrogen and oxygen atoms in total. The zero-order valence-corrected chi connectivity index (χ0v) is 16.9. The van der Waals surface area contributed by atoms with Crippen molar-refractivity contribution in [3.05, 3.63) is 53.9 Å². The molecule has 1 aliphatic heterocycles. The highest BCUT2D eigenvalue weighted by Crippen LogP contribution is 2.33. The van der Waals surface area contributed by atoms with Crippen LogP contribution in [0.15, 0.2) is 42.7 Å². The normalized spacial score (nSPS) is 14.9. The van der Waals surface area contributed by atoms with Crippen molar-refractivity contribution in [3.8, 4) is 11.6 Å². The minimum absolute atomic E-state index is 0.117. The summed E-state index contributed by atoms with van der Waals surface area (Å²) in [6.07, 6.45) is 4.59. The number of carbonyl (C=O) groups excluding carboxylic acids is 1. The number of nitrogens with one attached hydrogen (secondary N) is 1. The molecule has 1 amide bonds. The zero-order chi connectivity index (χ0) is 20.2. The van der Waals surface area contributed by atoms with Crippen molar-refractivity contribution in [1.29, 1.82) is 0 Å². The summed E-state index contributed by atoms with van der Waals surface area (Å²) in [5, 5.41) is 1.03. The molecule has 0 aliphatic carbocycles. The van der Waals surface area contributed by atoms with Crippen LogP contribution in [0.1, 0.15) is 15.9 Å². The number of carbonyl (C=O) groups is 1. The summed E-state index contributed by atoms with van der Waals surface area (Å²) >= 11 is 0. The van der Waals surface area contributed by atoms with Crippen molar-refractivity contribution < 1.29 is 14.3 Å². The summed E-state index contributed by atoms with van der Waals surface area (Å²) in [4.78, 5) is 24.5. The van der Waals surface area contributed by atoms with Crippen molar-refractivity contribution in [2.45, 2.75) is 6.42 Å². The van der Waals surface area contributed by atoms with Crippen LogP contribution in [-0.2, 0) is 6.42 Å². The van der Waals surface area contributed by atoms with Gasteiger partial charge in [0.1, 0.15) is 11.3 Å². The fourth-order valence-electron chi connectivity index (χ4n) is 3.88. The van der Waals surface area contributed by atoms with Gasteiger partial charge in [0.15, 0.2) is 0 Å². The monoisotopic (exact) mass is 394 g/mol. The van der Waals surface area contributed by atoms with Crippen LogP contribution in [0.25, 0.3) is 10.9 Å². The number of benzene rings is 1. The van der Waals surface area contributed by atoms with E-state index in [0.717, 1.165) is 61.4 Å². The molecule has 0 bridgehead atoms. The highest BCUT2D eigenvalue weighted by molar-refractivity contribution is 5.94. The van der Waals surface area contributed by atoms with E-state index in [9.17, 15) is 4.79 Å². The van der Waals surface area contributed by atoms with Crippen LogP contribution in [0, 0.1) is 0 Å². The number of ether oxygens (including phenoxy) is 2. The van der Waals surface area contributed by atoms with Crippen molar-refractivity contribution in [2.24, 2.45) is 0 Å². The Balaban J connectivity index is 1.38. The topological polar surface area (TPSA) is 70.7 Å². The molecule has 2 aromatic heterocycles. The second-order valence-corrected chi connectivity index (χ2v) is 7.15. The van der Waals surface area contributed by atoms with E-state index in [-0.39, 0.29) is 5.91 Å². The fourth-order valence-corrected chi connectivity index (χ4v) is 3.88. The van der Waals surface area contributed by atoms with Crippen LogP contribution in [0.4, 0.5) is 0 Å². The Morgan fingerprint density at radius 1 is 1.10 bits per heavy atom. The van der Waals surface area contributed by atoms with Crippen LogP contribution >= 0.6 is 0 Å². The number of methoxy groups -OCH3 is 2. The largest absolute Gasteiger partial charge is 0.494 e. The number of amides is 1. The van der Waals surface area contributed by atoms with E-state index >= 15 is 0 Å². The maximum atomic E-state index is 12.6. The lowest BCUT2D eigenvalue weighted by atomic mass is 10.1. The number of H-pyrrole nitrogens is 1. The van der Waals surface area contributed by atoms with Gasteiger partial charge in [-0.25, -0.2) is 4.98 Å². The lowest BCUT2D eigenvalue weighted by Crippen LogP contribution is -2.49. The second-order valence-electron chi connectivity index (χ2n) is 7.15. The molecule has 0 radical (unpaired) electrons. The Bertz CT molecular complexity index is 978. The highest BCUT2D eigenvalue weighted by atomic mass is 16.5. The SMILES string of the molecule is COc1ncc(OC)c2c(CCN3CCN(C(=O)c4ccccc4)CC3)c[nH]c12. The van der Waals surface area contributed by atoms with Gasteiger partial charge in [-0.05, 0) is 24.1 Å². The molecule has 0 spiro atoms. The molecular formula is C22H26N4O3. The van der Waals surface area contributed by atoms with Gasteiger partial charge in [0.25, 0.3) is 5.91 Å². The number of hydrogen-bond donors (Lipinski definition) is 1. The van der Waals surface area contributed by atoms with Gasteiger partial charge in [0, 0.05) is 44.5 Å². The second kappa shape index (κ2) is 8.53. The Hall–Kier alpha value is -3.06. The number of fused-ring (bicyclic) bond motifs is 1. The molecule has 7 heteroatoms. The number of aromatic nitrogens is 2. The van der Waals surface area contributed by atoms with Crippen LogP contribution in [0.5, 0.6) is 11.6 Å². The fraction of sp³-hybridized carbons (Fsp3) is 0.364. The van der Waals surface area contributed by atoms with Crippen molar-refractivity contribution in [2.75, 3.05) is 46.9 Å². The van der Waals surface area contributed by atoms with E-state index in [1.54, 1.807) is 20.4 Å². The first-order valence-electron chi connectivity index (χ1n) is 9.85. The zero-order valence-electron chi connectivity index (χ0n) is 16.9. The van der Waals surface area contributed by atoms with E-state index in [0.29, 0.717) is 5.88 Å². The molecule has 1 saturated heterocycles. The Labute approximate surface area is 170 Å². The molecule has 0 unspecified atom stereocenters. The van der Waals surface area contributed by atoms with Gasteiger partial charge < -0.3 is 19.4 Å². The van der Waals surface area contributed by atoms with Crippen molar-refractivity contribution in [3.63, 3.8) is 0 Å². The molecule has 0 saturated carbocycles. The van der Waals surface area contributed by atoms with Gasteiger partial charge in [0.05, 0.1) is 25.8 Å². The van der Waals surface area contributed by atoms with Gasteiger partial charge in [-0.3, -0.25) is 9.69 Å². The number of hydrogen-bond acceptors (Lipinski definition) is 5. The predicted octanol–water partition coefficient (Wildman–Crippen LogP) is 2.58. The summed E-state index contributed by atoms with van der Waals surface area (Å²) in [7, 11) is 3.27. The van der Waals surface area contributed by atoms with Crippen LogP contribution in [0.3, 0.4) is 0 Å². The molecule has 1 N–H and O–H groups in total. The summed E-state index contributed by atoms with van der Waals surface area (Å²) in [6.45, 7) is 4.19. The third-order valence-corrected chi connectivity index (χ3v) is 5.51. The quantitative estimate of drug-likeness (QED) is 0.696. The van der Waals surface area contributed by atoms with E-state index in [1.807, 2.05) is 41.4 Å². The summed E-state index contributed by atoms with van der Waals surface area (Å²) in [6, 6.07) is 9.50. The van der Waals surface area contributed by atoms with Gasteiger partial charge >= 0.3 is 0 Å². The first-order chi connectivity index (χ1) is 14.2. The highest BCUT2D eigenvalue weighted by Gasteiger charge is 2.22. The third kappa shape index (κ3) is 3.91. The molecule has 1 fully saturated rings. The average molecular weight is 394 g/mol. The standard InChI is InChI=1S/C22H26N4O3/c1-28-18-15-24-21(29-2)20-19(18)17(14-23-20)8-9-25-10-12-26(13-11-25)22(27)16-6-4-3-5-7-16/h3-7,14-15,23H,8-13H2,1-2H3. The molecule has 1 aromatic carbocycles. The third-order valence-electron chi connectivity index (χ3n) is 5.51. The molecule has 152 valence electrons. The molecule has 0 atom stereocenters. The lowest BCUT2D eigenvalue weighted by Gasteiger charge is -2.34. The molecule has 4 rings (SSSR count). The van der Waals surface area contributed by atoms with Gasteiger partial charge in [0.2, 0.25) is 5.88 Å². The maximum absolute atomic E-state index is 12.6. The maximum Gasteiger partial charge on any atom is 0.253 e. The molecule has 3 heterocycles. The molecule has 3 aromatic rings. The minimum Gasteiger partial charge on any atom is -0.494 e. The number of pyridine rings is 1. The van der Waals surface area contributed by atoms with E-state index in [1.165, 1.54) is 5.56 Å². The van der Waals surface area contributed by atoms with Crippen LogP contribution < -0.4 is 9.47 Å². The summed E-state index contributed by atoms with van der Waals surface area (Å²) < 4.78 is 10.9. The summed E-state index contributed by atoms with van der Waals surface area (Å²) in [5.74, 6) is 1.43. The van der Waals surface area contributed by atoms with E-state index in [2.05, 4.69) is 14.9 Å². The molecule has 29 heavy (non-hydrogen) atoms. The first-order valence-corrected chi connectivity index (χ1v) is 9.85. The number of rotatable bonds is 6. The Kier molecular flexibility index (Phi) is 5.67. The van der Waals surface area contributed by atoms with Crippen molar-refractivity contribution in [1.82, 2.24) is 19.8 Å². The summed E-state index contributed by atoms with van der Waals surface area (Å²) in [5.41, 5.74) is 2.80. The van der Waals surface area contributed by atoms with E-state index in [4.69, 9.17) is 9.47 Å².